The Balaban J connectivity index is 1.81. The van der Waals surface area contributed by atoms with Crippen LogP contribution in [0.15, 0.2) is 10.6 Å². The minimum absolute atomic E-state index is 0.281. The van der Waals surface area contributed by atoms with Crippen LogP contribution in [0.3, 0.4) is 0 Å². The average Bonchev–Trinajstić information content (AvgIpc) is 2.74. The van der Waals surface area contributed by atoms with Gasteiger partial charge in [0.2, 0.25) is 0 Å². The molecule has 4 heteroatoms. The fourth-order valence-corrected chi connectivity index (χ4v) is 2.83. The van der Waals surface area contributed by atoms with E-state index in [1.807, 2.05) is 13.0 Å². The van der Waals surface area contributed by atoms with Gasteiger partial charge >= 0.3 is 0 Å². The maximum absolute atomic E-state index is 12.1. The van der Waals surface area contributed by atoms with Crippen molar-refractivity contribution in [1.29, 1.82) is 0 Å². The topological polar surface area (TPSA) is 46.3 Å². The van der Waals surface area contributed by atoms with E-state index in [2.05, 4.69) is 23.9 Å². The molecule has 0 N–H and O–H groups in total. The van der Waals surface area contributed by atoms with Gasteiger partial charge in [0.05, 0.1) is 12.1 Å². The molecular weight excluding hydrogens is 240 g/mol. The molecule has 1 aliphatic heterocycles. The Labute approximate surface area is 115 Å². The standard InChI is InChI=1S/C15H24N2O2/c1-11(2)17-6-4-5-13(10-17)8-15(18)9-14-7-12(3)19-16-14/h7,11,13H,4-6,8-10H2,1-3H3/t13-/m0/s1. The highest BCUT2D eigenvalue weighted by atomic mass is 16.5. The van der Waals surface area contributed by atoms with E-state index < -0.39 is 0 Å². The smallest absolute Gasteiger partial charge is 0.139 e. The van der Waals surface area contributed by atoms with Crippen molar-refractivity contribution in [1.82, 2.24) is 10.1 Å². The number of Topliss-reactive ketones (excluding diaryl/α,β-unsaturated/α-hetero) is 1. The molecule has 0 bridgehead atoms. The zero-order valence-electron chi connectivity index (χ0n) is 12.2. The third-order valence-corrected chi connectivity index (χ3v) is 3.85. The number of rotatable bonds is 5. The first-order valence-electron chi connectivity index (χ1n) is 7.22. The Morgan fingerprint density at radius 2 is 2.37 bits per heavy atom. The normalized spacial score (nSPS) is 20.9. The number of likely N-dealkylation sites (tertiary alicyclic amines) is 1. The first-order chi connectivity index (χ1) is 9.04. The zero-order chi connectivity index (χ0) is 13.8. The SMILES string of the molecule is Cc1cc(CC(=O)C[C@@H]2CCCN(C(C)C)C2)no1. The third kappa shape index (κ3) is 4.16. The van der Waals surface area contributed by atoms with Crippen LogP contribution in [0, 0.1) is 12.8 Å². The van der Waals surface area contributed by atoms with Crippen LogP contribution < -0.4 is 0 Å². The van der Waals surface area contributed by atoms with Crippen molar-refractivity contribution >= 4 is 5.78 Å². The van der Waals surface area contributed by atoms with Gasteiger partial charge < -0.3 is 9.42 Å². The number of carbonyl (C=O) groups excluding carboxylic acids is 1. The maximum atomic E-state index is 12.1. The summed E-state index contributed by atoms with van der Waals surface area (Å²) in [6, 6.07) is 2.43. The first-order valence-corrected chi connectivity index (χ1v) is 7.22. The molecule has 2 rings (SSSR count). The molecule has 1 fully saturated rings. The van der Waals surface area contributed by atoms with Gasteiger partial charge in [-0.3, -0.25) is 4.79 Å². The fraction of sp³-hybridized carbons (Fsp3) is 0.733. The second-order valence-electron chi connectivity index (χ2n) is 5.95. The molecule has 106 valence electrons. The lowest BCUT2D eigenvalue weighted by Crippen LogP contribution is -2.40. The predicted molar refractivity (Wildman–Crippen MR) is 74.0 cm³/mol. The van der Waals surface area contributed by atoms with Crippen LogP contribution in [0.1, 0.15) is 44.6 Å². The summed E-state index contributed by atoms with van der Waals surface area (Å²) in [7, 11) is 0. The molecule has 0 aliphatic carbocycles. The van der Waals surface area contributed by atoms with Crippen molar-refractivity contribution in [2.45, 2.75) is 52.5 Å². The minimum Gasteiger partial charge on any atom is -0.361 e. The molecule has 2 heterocycles. The van der Waals surface area contributed by atoms with Crippen LogP contribution in [-0.2, 0) is 11.2 Å². The summed E-state index contributed by atoms with van der Waals surface area (Å²) in [6.45, 7) is 8.53. The van der Waals surface area contributed by atoms with Gasteiger partial charge in [-0.15, -0.1) is 0 Å². The molecule has 19 heavy (non-hydrogen) atoms. The number of aromatic nitrogens is 1. The summed E-state index contributed by atoms with van der Waals surface area (Å²) in [4.78, 5) is 14.5. The number of piperidine rings is 1. The van der Waals surface area contributed by atoms with Crippen LogP contribution in [0.2, 0.25) is 0 Å². The molecule has 0 saturated carbocycles. The van der Waals surface area contributed by atoms with Gasteiger partial charge in [0.15, 0.2) is 0 Å². The lowest BCUT2D eigenvalue weighted by molar-refractivity contribution is -0.119. The molecular formula is C15H24N2O2. The van der Waals surface area contributed by atoms with Crippen LogP contribution >= 0.6 is 0 Å². The highest BCUT2D eigenvalue weighted by molar-refractivity contribution is 5.80. The van der Waals surface area contributed by atoms with E-state index in [0.717, 1.165) is 18.0 Å². The van der Waals surface area contributed by atoms with E-state index in [9.17, 15) is 4.79 Å². The molecule has 1 aromatic rings. The number of hydrogen-bond donors (Lipinski definition) is 0. The lowest BCUT2D eigenvalue weighted by atomic mass is 9.91. The van der Waals surface area contributed by atoms with E-state index >= 15 is 0 Å². The summed E-state index contributed by atoms with van der Waals surface area (Å²) in [5.41, 5.74) is 0.763. The molecule has 1 atom stereocenters. The van der Waals surface area contributed by atoms with Gasteiger partial charge in [0.1, 0.15) is 11.5 Å². The summed E-state index contributed by atoms with van der Waals surface area (Å²) in [5, 5.41) is 3.89. The van der Waals surface area contributed by atoms with Gasteiger partial charge in [-0.1, -0.05) is 5.16 Å². The summed E-state index contributed by atoms with van der Waals surface area (Å²) in [5.74, 6) is 1.56. The number of nitrogens with zero attached hydrogens (tertiary/aromatic N) is 2. The van der Waals surface area contributed by atoms with Crippen molar-refractivity contribution in [3.8, 4) is 0 Å². The highest BCUT2D eigenvalue weighted by Gasteiger charge is 2.23. The molecule has 1 saturated heterocycles. The van der Waals surface area contributed by atoms with Gasteiger partial charge in [0, 0.05) is 25.1 Å². The second-order valence-corrected chi connectivity index (χ2v) is 5.95. The molecule has 0 unspecified atom stereocenters. The number of hydrogen-bond acceptors (Lipinski definition) is 4. The van der Waals surface area contributed by atoms with Crippen molar-refractivity contribution in [2.75, 3.05) is 13.1 Å². The fourth-order valence-electron chi connectivity index (χ4n) is 2.83. The van der Waals surface area contributed by atoms with E-state index in [0.29, 0.717) is 24.8 Å². The van der Waals surface area contributed by atoms with Crippen LogP contribution in [-0.4, -0.2) is 35.0 Å². The predicted octanol–water partition coefficient (Wildman–Crippen LogP) is 2.61. The zero-order valence-corrected chi connectivity index (χ0v) is 12.2. The molecule has 4 nitrogen and oxygen atoms in total. The van der Waals surface area contributed by atoms with E-state index in [1.54, 1.807) is 0 Å². The molecule has 0 amide bonds. The van der Waals surface area contributed by atoms with Gasteiger partial charge in [0.25, 0.3) is 0 Å². The van der Waals surface area contributed by atoms with E-state index in [4.69, 9.17) is 4.52 Å². The van der Waals surface area contributed by atoms with E-state index in [-0.39, 0.29) is 5.78 Å². The van der Waals surface area contributed by atoms with Crippen LogP contribution in [0.25, 0.3) is 0 Å². The van der Waals surface area contributed by atoms with Crippen molar-refractivity contribution in [3.05, 3.63) is 17.5 Å². The Morgan fingerprint density at radius 1 is 1.58 bits per heavy atom. The average molecular weight is 264 g/mol. The first kappa shape index (κ1) is 14.3. The van der Waals surface area contributed by atoms with Crippen LogP contribution in [0.4, 0.5) is 0 Å². The Bertz CT molecular complexity index is 426. The van der Waals surface area contributed by atoms with Gasteiger partial charge in [-0.2, -0.15) is 0 Å². The number of carbonyl (C=O) groups is 1. The number of ketones is 1. The van der Waals surface area contributed by atoms with Crippen LogP contribution in [0.5, 0.6) is 0 Å². The van der Waals surface area contributed by atoms with Gasteiger partial charge in [-0.25, -0.2) is 0 Å². The lowest BCUT2D eigenvalue weighted by Gasteiger charge is -2.35. The summed E-state index contributed by atoms with van der Waals surface area (Å²) < 4.78 is 4.99. The molecule has 0 radical (unpaired) electrons. The Kier molecular flexibility index (Phi) is 4.75. The summed E-state index contributed by atoms with van der Waals surface area (Å²) in [6.07, 6.45) is 3.47. The molecule has 0 aromatic carbocycles. The third-order valence-electron chi connectivity index (χ3n) is 3.85. The second kappa shape index (κ2) is 6.33. The Hall–Kier alpha value is -1.16. The highest BCUT2D eigenvalue weighted by Crippen LogP contribution is 2.22. The minimum atomic E-state index is 0.281. The van der Waals surface area contributed by atoms with Crippen molar-refractivity contribution in [3.63, 3.8) is 0 Å². The Morgan fingerprint density at radius 3 is 3.00 bits per heavy atom. The maximum Gasteiger partial charge on any atom is 0.139 e. The molecule has 1 aromatic heterocycles. The molecule has 1 aliphatic rings. The van der Waals surface area contributed by atoms with Crippen molar-refractivity contribution < 1.29 is 9.32 Å². The molecule has 0 spiro atoms. The van der Waals surface area contributed by atoms with Crippen molar-refractivity contribution in [2.24, 2.45) is 5.92 Å². The van der Waals surface area contributed by atoms with Gasteiger partial charge in [-0.05, 0) is 46.1 Å². The van der Waals surface area contributed by atoms with E-state index in [1.165, 1.54) is 19.4 Å². The number of aryl methyl sites for hydroxylation is 1. The monoisotopic (exact) mass is 264 g/mol. The largest absolute Gasteiger partial charge is 0.361 e. The summed E-state index contributed by atoms with van der Waals surface area (Å²) >= 11 is 0. The quantitative estimate of drug-likeness (QED) is 0.820.